The Kier molecular flexibility index (Phi) is 459. The van der Waals surface area contributed by atoms with E-state index >= 15 is 0 Å². The van der Waals surface area contributed by atoms with Gasteiger partial charge in [0.1, 0.15) is 0 Å². The summed E-state index contributed by atoms with van der Waals surface area (Å²) in [6, 6.07) is 0. The second kappa shape index (κ2) is 29.4. The molecule has 0 aromatic heterocycles. The number of rotatable bonds is 0. The zero-order valence-electron chi connectivity index (χ0n) is 2.06. The van der Waals surface area contributed by atoms with Crippen molar-refractivity contribution in [3.8, 4) is 0 Å². The molecule has 0 aliphatic carbocycles. The minimum absolute atomic E-state index is 0. The van der Waals surface area contributed by atoms with Crippen molar-refractivity contribution >= 4 is 0 Å². The molecule has 0 aromatic carbocycles. The third-order valence-electron chi connectivity index (χ3n) is 0. The Balaban J connectivity index is 0. The number of hydrogen-bond acceptors (Lipinski definition) is 1. The van der Waals surface area contributed by atoms with Gasteiger partial charge in [0.05, 0.1) is 0 Å². The van der Waals surface area contributed by atoms with E-state index in [4.69, 9.17) is 0 Å². The van der Waals surface area contributed by atoms with E-state index in [2.05, 4.69) is 0 Å². The first-order valence-corrected chi connectivity index (χ1v) is 0. The summed E-state index contributed by atoms with van der Waals surface area (Å²) < 4.78 is 0. The molecule has 0 rings (SSSR count). The van der Waals surface area contributed by atoms with Crippen LogP contribution in [0.2, 0.25) is 0 Å². The van der Waals surface area contributed by atoms with Gasteiger partial charge in [0.15, 0.2) is 0 Å². The van der Waals surface area contributed by atoms with Gasteiger partial charge in [-0.15, -0.1) is 0 Å². The normalized spacial score (nSPS) is 0. The first-order valence-electron chi connectivity index (χ1n) is 0. The fourth-order valence-corrected chi connectivity index (χ4v) is 0. The van der Waals surface area contributed by atoms with Crippen LogP contribution < -0.4 is 6.15 Å². The zero-order valence-corrected chi connectivity index (χ0v) is 1.77. The second-order valence-electron chi connectivity index (χ2n) is 0. The van der Waals surface area contributed by atoms with Crippen LogP contribution in [0, 0.1) is 37.7 Å². The van der Waals surface area contributed by atoms with E-state index in [1.54, 1.807) is 0 Å². The summed E-state index contributed by atoms with van der Waals surface area (Å²) in [4.78, 5) is 0. The minimum Gasteiger partial charge on any atom is -1.00 e. The molecular weight excluding hydrogens is 78.0 g/mol. The molecule has 4 heavy (non-hydrogen) atoms. The van der Waals surface area contributed by atoms with Crippen LogP contribution >= 0.6 is 0 Å². The molecule has 0 bridgehead atoms. The van der Waals surface area contributed by atoms with Gasteiger partial charge in [-0.2, -0.15) is 0 Å². The van der Waals surface area contributed by atoms with E-state index in [0.29, 0.717) is 0 Å². The molecule has 0 aromatic rings. The van der Waals surface area contributed by atoms with Crippen LogP contribution in [0.25, 0.3) is 0 Å². The van der Waals surface area contributed by atoms with E-state index in [1.807, 2.05) is 0 Å². The van der Waals surface area contributed by atoms with Gasteiger partial charge in [0.2, 0.25) is 0 Å². The molecule has 34 valence electrons. The van der Waals surface area contributed by atoms with Crippen LogP contribution in [-0.2, 0) is 0 Å². The second-order valence-corrected chi connectivity index (χ2v) is 0. The van der Waals surface area contributed by atoms with Gasteiger partial charge in [-0.05, 0) is 0 Å². The molecule has 0 amide bonds. The van der Waals surface area contributed by atoms with Crippen LogP contribution in [0.4, 0.5) is 0 Å². The maximum atomic E-state index is 0. The van der Waals surface area contributed by atoms with Crippen molar-refractivity contribution < 1.29 is 39.2 Å². The summed E-state index contributed by atoms with van der Waals surface area (Å²) >= 11 is 0. The molecule has 1 nitrogen and oxygen atoms in total. The predicted octanol–water partition coefficient (Wildman–Crippen LogP) is 1.55. The zero-order chi connectivity index (χ0) is 0. The van der Waals surface area contributed by atoms with Crippen LogP contribution in [0.15, 0.2) is 0 Å². The van der Waals surface area contributed by atoms with Gasteiger partial charge < -0.3 is 7.58 Å². The summed E-state index contributed by atoms with van der Waals surface area (Å²) in [5.74, 6) is 0. The fourth-order valence-electron chi connectivity index (χ4n) is 0. The Morgan fingerprint density at radius 1 is 1.00 bits per heavy atom. The van der Waals surface area contributed by atoms with Gasteiger partial charge in [-0.3, -0.25) is 0 Å². The average Bonchev–Trinajstić information content (AvgIpc) is 0. The molecule has 2 heteroatoms. The van der Waals surface area contributed by atoms with Crippen molar-refractivity contribution in [1.29, 1.82) is 0 Å². The molecule has 0 saturated heterocycles. The van der Waals surface area contributed by atoms with E-state index < -0.39 is 0 Å². The van der Waals surface area contributed by atoms with Gasteiger partial charge in [-0.1, -0.05) is 14.9 Å². The van der Waals surface area contributed by atoms with E-state index in [9.17, 15) is 0 Å². The van der Waals surface area contributed by atoms with E-state index in [-0.39, 0.29) is 60.2 Å². The predicted molar refractivity (Wildman–Crippen MR) is 19.6 cm³/mol. The fraction of sp³-hybridized carbons (Fsp3) is 1.00. The largest absolute Gasteiger partial charge is 1.00 e. The summed E-state index contributed by atoms with van der Waals surface area (Å²) in [6.07, 6.45) is 0. The quantitative estimate of drug-likeness (QED) is 0.481. The van der Waals surface area contributed by atoms with Crippen LogP contribution in [0.5, 0.6) is 0 Å². The maximum Gasteiger partial charge on any atom is 0 e. The third kappa shape index (κ3) is 10.7. The van der Waals surface area contributed by atoms with E-state index in [1.165, 1.54) is 0 Å². The molecule has 3 N–H and O–H groups in total. The SMILES string of the molecule is C.C.N.[Ar].[H-]. The van der Waals surface area contributed by atoms with Gasteiger partial charge in [-0.25, -0.2) is 0 Å². The van der Waals surface area contributed by atoms with Crippen LogP contribution in [0.3, 0.4) is 0 Å². The minimum atomic E-state index is 0. The van der Waals surface area contributed by atoms with E-state index in [0.717, 1.165) is 0 Å². The van der Waals surface area contributed by atoms with Gasteiger partial charge in [0, 0.05) is 37.7 Å². The Bertz CT molecular complexity index is 9.61. The molecule has 0 radical (unpaired) electrons. The van der Waals surface area contributed by atoms with Gasteiger partial charge >= 0.3 is 0 Å². The van der Waals surface area contributed by atoms with Crippen LogP contribution in [-0.4, -0.2) is 0 Å². The molecule has 0 aliphatic heterocycles. The van der Waals surface area contributed by atoms with Crippen molar-refractivity contribution in [2.45, 2.75) is 14.9 Å². The standard InChI is InChI=1S/2CH4.Ar.H3N.H/h2*1H4;;1H3;/q;;;;-1. The molecule has 0 heterocycles. The molecular formula is C2H12ArN-. The molecule has 0 saturated carbocycles. The van der Waals surface area contributed by atoms with Crippen molar-refractivity contribution in [2.75, 3.05) is 0 Å². The molecule has 0 fully saturated rings. The molecule has 0 aliphatic rings. The topological polar surface area (TPSA) is 35.0 Å². The maximum absolute atomic E-state index is 0. The molecule has 0 atom stereocenters. The van der Waals surface area contributed by atoms with Crippen molar-refractivity contribution in [1.82, 2.24) is 6.15 Å². The smallest absolute Gasteiger partial charge is 0 e. The third-order valence-corrected chi connectivity index (χ3v) is 0. The Hall–Kier alpha value is 1.22. The van der Waals surface area contributed by atoms with Gasteiger partial charge in [0.25, 0.3) is 0 Å². The first-order chi connectivity index (χ1) is 0. The number of hydrogen-bond donors (Lipinski definition) is 1. The summed E-state index contributed by atoms with van der Waals surface area (Å²) in [7, 11) is 0. The van der Waals surface area contributed by atoms with Crippen LogP contribution in [0.1, 0.15) is 16.3 Å². The Morgan fingerprint density at radius 3 is 1.00 bits per heavy atom. The summed E-state index contributed by atoms with van der Waals surface area (Å²) in [6.45, 7) is 0. The van der Waals surface area contributed by atoms with Crippen molar-refractivity contribution in [3.63, 3.8) is 0 Å². The average molecular weight is 90.1 g/mol. The Morgan fingerprint density at radius 2 is 1.00 bits per heavy atom. The summed E-state index contributed by atoms with van der Waals surface area (Å²) in [5, 5.41) is 0. The summed E-state index contributed by atoms with van der Waals surface area (Å²) in [5.41, 5.74) is 0. The van der Waals surface area contributed by atoms with Crippen molar-refractivity contribution in [3.05, 3.63) is 0 Å². The molecule has 0 spiro atoms. The molecule has 0 unspecified atom stereocenters. The van der Waals surface area contributed by atoms with Crippen molar-refractivity contribution in [2.24, 2.45) is 0 Å². The monoisotopic (exact) mass is 90.1 g/mol. The first kappa shape index (κ1) is 62.5. The Labute approximate surface area is 59.8 Å².